The number of rotatable bonds is 14. The third-order valence-electron chi connectivity index (χ3n) is 9.94. The molecule has 0 aliphatic carbocycles. The van der Waals surface area contributed by atoms with Gasteiger partial charge in [-0.05, 0) is 99.1 Å². The quantitative estimate of drug-likeness (QED) is 0.131. The number of nitrogens with one attached hydrogen (secondary N) is 1. The van der Waals surface area contributed by atoms with Crippen molar-refractivity contribution in [3.8, 4) is 0 Å². The van der Waals surface area contributed by atoms with Crippen molar-refractivity contribution in [3.05, 3.63) is 101 Å². The fourth-order valence-electron chi connectivity index (χ4n) is 7.28. The van der Waals surface area contributed by atoms with Gasteiger partial charge >= 0.3 is 18.3 Å². The molecule has 264 valence electrons. The number of carboxylic acids is 1. The zero-order valence-corrected chi connectivity index (χ0v) is 27.0. The normalized spacial score (nSPS) is 19.4. The maximum atomic E-state index is 13.4. The number of carboxylic acid groups (broad SMARTS) is 1. The Morgan fingerprint density at radius 2 is 1.45 bits per heavy atom. The van der Waals surface area contributed by atoms with Crippen molar-refractivity contribution in [1.82, 2.24) is 4.90 Å². The highest BCUT2D eigenvalue weighted by molar-refractivity contribution is 6.06. The highest BCUT2D eigenvalue weighted by Gasteiger charge is 2.45. The smallest absolute Gasteiger partial charge is 0.416 e. The van der Waals surface area contributed by atoms with Gasteiger partial charge in [0.25, 0.3) is 0 Å². The molecule has 0 bridgehead atoms. The first-order chi connectivity index (χ1) is 23.2. The van der Waals surface area contributed by atoms with Crippen LogP contribution < -0.4 is 5.32 Å². The predicted octanol–water partition coefficient (Wildman–Crippen LogP) is 8.59. The van der Waals surface area contributed by atoms with E-state index in [1.54, 1.807) is 0 Å². The minimum Gasteiger partial charge on any atom is -0.481 e. The molecule has 2 aliphatic heterocycles. The molecule has 1 saturated heterocycles. The summed E-state index contributed by atoms with van der Waals surface area (Å²) in [6.45, 7) is 1.96. The molecule has 0 radical (unpaired) electrons. The lowest BCUT2D eigenvalue weighted by atomic mass is 9.73. The van der Waals surface area contributed by atoms with Gasteiger partial charge in [-0.1, -0.05) is 55.0 Å². The van der Waals surface area contributed by atoms with Crippen molar-refractivity contribution in [1.29, 1.82) is 0 Å². The zero-order chi connectivity index (χ0) is 35.3. The van der Waals surface area contributed by atoms with Gasteiger partial charge in [-0.25, -0.2) is 0 Å². The third kappa shape index (κ3) is 8.64. The van der Waals surface area contributed by atoms with Crippen molar-refractivity contribution in [3.63, 3.8) is 0 Å². The van der Waals surface area contributed by atoms with Crippen molar-refractivity contribution in [2.24, 2.45) is 0 Å². The molecule has 2 N–H and O–H groups in total. The van der Waals surface area contributed by atoms with E-state index >= 15 is 0 Å². The Bertz CT molecular complexity index is 1570. The van der Waals surface area contributed by atoms with Gasteiger partial charge in [0, 0.05) is 17.5 Å². The van der Waals surface area contributed by atoms with Crippen LogP contribution in [0.25, 0.3) is 0 Å². The molecule has 2 aliphatic rings. The van der Waals surface area contributed by atoms with E-state index in [0.717, 1.165) is 36.2 Å². The molecule has 1 amide bonds. The van der Waals surface area contributed by atoms with Gasteiger partial charge < -0.3 is 20.1 Å². The van der Waals surface area contributed by atoms with Crippen LogP contribution in [0.3, 0.4) is 0 Å². The van der Waals surface area contributed by atoms with Gasteiger partial charge in [-0.2, -0.15) is 26.3 Å². The number of hydrogen-bond donors (Lipinski definition) is 2. The molecule has 2 heterocycles. The van der Waals surface area contributed by atoms with Crippen LogP contribution >= 0.6 is 0 Å². The number of anilines is 1. The summed E-state index contributed by atoms with van der Waals surface area (Å²) in [6.07, 6.45) is -5.48. The van der Waals surface area contributed by atoms with E-state index in [4.69, 9.17) is 4.74 Å². The number of para-hydroxylation sites is 1. The van der Waals surface area contributed by atoms with Gasteiger partial charge in [0.2, 0.25) is 5.91 Å². The van der Waals surface area contributed by atoms with E-state index in [-0.39, 0.29) is 30.6 Å². The van der Waals surface area contributed by atoms with Crippen molar-refractivity contribution < 1.29 is 45.8 Å². The second kappa shape index (κ2) is 14.9. The number of fused-ring (bicyclic) bond motifs is 1. The minimum absolute atomic E-state index is 0.00755. The number of hydrogen-bond acceptors (Lipinski definition) is 4. The average Bonchev–Trinajstić information content (AvgIpc) is 3.33. The van der Waals surface area contributed by atoms with E-state index < -0.39 is 46.9 Å². The topological polar surface area (TPSA) is 78.9 Å². The Hall–Kier alpha value is -3.90. The number of ether oxygens (including phenoxy) is 1. The Kier molecular flexibility index (Phi) is 11.1. The first-order valence-electron chi connectivity index (χ1n) is 16.5. The number of aliphatic carboxylic acids is 1. The standard InChI is InChI=1S/C37H40F6N2O4/c38-36(39,40)28-21-26(22-29(23-28)37(41,42)43)24-49-25-34(27-9-2-1-3-10-27)16-19-45(20-17-34)18-7-6-14-35(15-8-13-32(46)47)30-11-4-5-12-31(30)44-33(35)48/h1-5,9-12,21-23H,6-8,13-20,24-25H2,(H,44,48)(H,46,47). The van der Waals surface area contributed by atoms with E-state index in [1.165, 1.54) is 0 Å². The minimum atomic E-state index is -4.93. The molecule has 0 saturated carbocycles. The molecule has 49 heavy (non-hydrogen) atoms. The summed E-state index contributed by atoms with van der Waals surface area (Å²) in [5, 5.41) is 12.2. The number of unbranched alkanes of at least 4 members (excludes halogenated alkanes) is 1. The van der Waals surface area contributed by atoms with Gasteiger partial charge in [0.1, 0.15) is 0 Å². The fraction of sp³-hybridized carbons (Fsp3) is 0.459. The number of carbonyl (C=O) groups is 2. The van der Waals surface area contributed by atoms with Gasteiger partial charge in [0.05, 0.1) is 29.8 Å². The van der Waals surface area contributed by atoms with E-state index in [1.807, 2.05) is 54.6 Å². The summed E-state index contributed by atoms with van der Waals surface area (Å²) in [4.78, 5) is 26.8. The summed E-state index contributed by atoms with van der Waals surface area (Å²) in [5.74, 6) is -0.986. The molecule has 3 aromatic rings. The largest absolute Gasteiger partial charge is 0.481 e. The zero-order valence-electron chi connectivity index (χ0n) is 27.0. The van der Waals surface area contributed by atoms with Gasteiger partial charge in [-0.3, -0.25) is 9.59 Å². The number of piperidine rings is 1. The lowest BCUT2D eigenvalue weighted by Gasteiger charge is -2.42. The summed E-state index contributed by atoms with van der Waals surface area (Å²) in [5.41, 5.74) is -1.47. The van der Waals surface area contributed by atoms with Crippen molar-refractivity contribution >= 4 is 17.6 Å². The molecular weight excluding hydrogens is 650 g/mol. The van der Waals surface area contributed by atoms with Crippen LogP contribution in [-0.2, 0) is 44.1 Å². The Morgan fingerprint density at radius 3 is 2.08 bits per heavy atom. The molecule has 0 aromatic heterocycles. The van der Waals surface area contributed by atoms with Crippen LogP contribution in [0.15, 0.2) is 72.8 Å². The number of nitrogens with zero attached hydrogens (tertiary/aromatic N) is 1. The summed E-state index contributed by atoms with van der Waals surface area (Å²) < 4.78 is 86.2. The van der Waals surface area contributed by atoms with Gasteiger partial charge in [-0.15, -0.1) is 0 Å². The second-order valence-corrected chi connectivity index (χ2v) is 13.2. The van der Waals surface area contributed by atoms with Crippen molar-refractivity contribution in [2.45, 2.75) is 81.2 Å². The van der Waals surface area contributed by atoms with Crippen LogP contribution in [0.5, 0.6) is 0 Å². The molecule has 1 unspecified atom stereocenters. The fourth-order valence-corrected chi connectivity index (χ4v) is 7.28. The summed E-state index contributed by atoms with van der Waals surface area (Å²) in [6, 6.07) is 18.7. The highest BCUT2D eigenvalue weighted by Crippen LogP contribution is 2.45. The first kappa shape index (κ1) is 36.4. The Balaban J connectivity index is 1.20. The predicted molar refractivity (Wildman–Crippen MR) is 172 cm³/mol. The number of benzene rings is 3. The second-order valence-electron chi connectivity index (χ2n) is 13.2. The van der Waals surface area contributed by atoms with Crippen LogP contribution in [0, 0.1) is 0 Å². The summed E-state index contributed by atoms with van der Waals surface area (Å²) in [7, 11) is 0. The first-order valence-corrected chi connectivity index (χ1v) is 16.5. The molecule has 12 heteroatoms. The monoisotopic (exact) mass is 690 g/mol. The van der Waals surface area contributed by atoms with Crippen LogP contribution in [0.4, 0.5) is 32.0 Å². The number of amides is 1. The van der Waals surface area contributed by atoms with Crippen LogP contribution in [0.2, 0.25) is 0 Å². The molecular formula is C37H40F6N2O4. The van der Waals surface area contributed by atoms with E-state index in [2.05, 4.69) is 10.2 Å². The Labute approximate surface area is 281 Å². The lowest BCUT2D eigenvalue weighted by molar-refractivity contribution is -0.143. The van der Waals surface area contributed by atoms with E-state index in [0.29, 0.717) is 57.3 Å². The summed E-state index contributed by atoms with van der Waals surface area (Å²) >= 11 is 0. The molecule has 1 fully saturated rings. The number of carbonyl (C=O) groups excluding carboxylic acids is 1. The Morgan fingerprint density at radius 1 is 0.837 bits per heavy atom. The van der Waals surface area contributed by atoms with Crippen molar-refractivity contribution in [2.75, 3.05) is 31.6 Å². The molecule has 5 rings (SSSR count). The number of alkyl halides is 6. The number of halogens is 6. The average molecular weight is 691 g/mol. The van der Waals surface area contributed by atoms with Crippen LogP contribution in [0.1, 0.15) is 79.2 Å². The molecule has 3 aromatic carbocycles. The lowest BCUT2D eigenvalue weighted by Crippen LogP contribution is -2.45. The third-order valence-corrected chi connectivity index (χ3v) is 9.94. The molecule has 1 atom stereocenters. The maximum Gasteiger partial charge on any atom is 0.416 e. The molecule has 6 nitrogen and oxygen atoms in total. The van der Waals surface area contributed by atoms with Gasteiger partial charge in [0.15, 0.2) is 0 Å². The molecule has 0 spiro atoms. The SMILES string of the molecule is O=C(O)CCCC1(CCCCN2CCC(COCc3cc(C(F)(F)F)cc(C(F)(F)F)c3)(c3ccccc3)CC2)C(=O)Nc2ccccc21. The van der Waals surface area contributed by atoms with E-state index in [9.17, 15) is 41.0 Å². The highest BCUT2D eigenvalue weighted by atomic mass is 19.4. The number of likely N-dealkylation sites (tertiary alicyclic amines) is 1. The van der Waals surface area contributed by atoms with Crippen LogP contribution in [-0.4, -0.2) is 48.1 Å². The maximum absolute atomic E-state index is 13.4.